The lowest BCUT2D eigenvalue weighted by molar-refractivity contribution is -0.385. The van der Waals surface area contributed by atoms with E-state index in [1.54, 1.807) is 29.9 Å². The third-order valence-corrected chi connectivity index (χ3v) is 3.97. The van der Waals surface area contributed by atoms with Gasteiger partial charge in [0.25, 0.3) is 0 Å². The van der Waals surface area contributed by atoms with E-state index < -0.39 is 11.0 Å². The van der Waals surface area contributed by atoms with Gasteiger partial charge < -0.3 is 5.32 Å². The van der Waals surface area contributed by atoms with E-state index in [0.717, 1.165) is 11.8 Å². The van der Waals surface area contributed by atoms with Gasteiger partial charge in [-0.15, -0.1) is 0 Å². The number of carbonyl (C=O) groups is 1. The minimum atomic E-state index is -0.681. The molecule has 2 aromatic heterocycles. The third kappa shape index (κ3) is 4.35. The van der Waals surface area contributed by atoms with Crippen molar-refractivity contribution in [2.45, 2.75) is 25.9 Å². The Labute approximate surface area is 153 Å². The number of nitrogens with one attached hydrogen (secondary N) is 1. The van der Waals surface area contributed by atoms with Crippen molar-refractivity contribution in [1.29, 1.82) is 0 Å². The van der Waals surface area contributed by atoms with Crippen LogP contribution < -0.4 is 5.32 Å². The number of nitrogens with zero attached hydrogens (tertiary/aromatic N) is 5. The number of hydrogen-bond acceptors (Lipinski definition) is 5. The normalized spacial score (nSPS) is 11.9. The summed E-state index contributed by atoms with van der Waals surface area (Å²) in [6.07, 6.45) is 5.90. The number of hydrogen-bond donors (Lipinski definition) is 1. The van der Waals surface area contributed by atoms with Gasteiger partial charge >= 0.3 is 5.69 Å². The van der Waals surface area contributed by atoms with Gasteiger partial charge in [0.05, 0.1) is 23.4 Å². The number of benzene rings is 1. The first kappa shape index (κ1) is 18.2. The molecule has 1 N–H and O–H groups in total. The minimum absolute atomic E-state index is 0.173. The van der Waals surface area contributed by atoms with Crippen LogP contribution in [0.25, 0.3) is 0 Å². The molecule has 0 spiro atoms. The zero-order chi connectivity index (χ0) is 19.4. The van der Waals surface area contributed by atoms with Crippen LogP contribution in [0.1, 0.15) is 24.9 Å². The maximum absolute atomic E-state index is 13.0. The van der Waals surface area contributed by atoms with Crippen LogP contribution in [-0.4, -0.2) is 30.4 Å². The molecule has 9 nitrogen and oxygen atoms in total. The first-order chi connectivity index (χ1) is 13.0. The molecule has 1 amide bonds. The third-order valence-electron chi connectivity index (χ3n) is 3.97. The van der Waals surface area contributed by atoms with Crippen molar-refractivity contribution < 1.29 is 14.1 Å². The molecule has 0 aliphatic rings. The second-order valence-electron chi connectivity index (χ2n) is 5.90. The van der Waals surface area contributed by atoms with Crippen LogP contribution in [-0.2, 0) is 11.3 Å². The first-order valence-corrected chi connectivity index (χ1v) is 8.22. The maximum Gasteiger partial charge on any atom is 0.307 e. The van der Waals surface area contributed by atoms with Gasteiger partial charge in [0.2, 0.25) is 5.91 Å². The standard InChI is InChI=1S/C17H17FN6O3/c1-2-16(23-11-15(8-20-23)24(26)27)17(25)21-14-7-19-22(10-14)9-12-3-5-13(18)6-4-12/h3-8,10-11,16H,2,9H2,1H3,(H,21,25). The Bertz CT molecular complexity index is 950. The molecule has 1 aromatic carbocycles. The zero-order valence-electron chi connectivity index (χ0n) is 14.4. The van der Waals surface area contributed by atoms with Crippen LogP contribution in [0.5, 0.6) is 0 Å². The highest BCUT2D eigenvalue weighted by atomic mass is 19.1. The molecular weight excluding hydrogens is 355 g/mol. The van der Waals surface area contributed by atoms with E-state index >= 15 is 0 Å². The van der Waals surface area contributed by atoms with Crippen molar-refractivity contribution in [2.75, 3.05) is 5.32 Å². The van der Waals surface area contributed by atoms with E-state index in [4.69, 9.17) is 0 Å². The molecule has 10 heteroatoms. The Hall–Kier alpha value is -3.56. The largest absolute Gasteiger partial charge is 0.322 e. The van der Waals surface area contributed by atoms with Crippen molar-refractivity contribution in [3.63, 3.8) is 0 Å². The summed E-state index contributed by atoms with van der Waals surface area (Å²) in [5.41, 5.74) is 1.18. The second-order valence-corrected chi connectivity index (χ2v) is 5.90. The molecule has 0 aliphatic heterocycles. The smallest absolute Gasteiger partial charge is 0.307 e. The number of nitro groups is 1. The Kier molecular flexibility index (Phi) is 5.25. The first-order valence-electron chi connectivity index (χ1n) is 8.22. The van der Waals surface area contributed by atoms with Crippen molar-refractivity contribution in [3.8, 4) is 0 Å². The van der Waals surface area contributed by atoms with Crippen molar-refractivity contribution >= 4 is 17.3 Å². The number of amides is 1. The van der Waals surface area contributed by atoms with Crippen LogP contribution >= 0.6 is 0 Å². The monoisotopic (exact) mass is 372 g/mol. The molecule has 0 aliphatic carbocycles. The lowest BCUT2D eigenvalue weighted by atomic mass is 10.2. The molecule has 27 heavy (non-hydrogen) atoms. The van der Waals surface area contributed by atoms with E-state index in [-0.39, 0.29) is 17.4 Å². The fraction of sp³-hybridized carbons (Fsp3) is 0.235. The predicted molar refractivity (Wildman–Crippen MR) is 94.6 cm³/mol. The van der Waals surface area contributed by atoms with Gasteiger partial charge in [-0.3, -0.25) is 24.3 Å². The lowest BCUT2D eigenvalue weighted by Crippen LogP contribution is -2.25. The summed E-state index contributed by atoms with van der Waals surface area (Å²) in [5, 5.41) is 21.6. The van der Waals surface area contributed by atoms with Gasteiger partial charge in [-0.2, -0.15) is 10.2 Å². The fourth-order valence-electron chi connectivity index (χ4n) is 2.60. The van der Waals surface area contributed by atoms with Crippen molar-refractivity contribution in [1.82, 2.24) is 19.6 Å². The van der Waals surface area contributed by atoms with E-state index in [1.165, 1.54) is 29.2 Å². The lowest BCUT2D eigenvalue weighted by Gasteiger charge is -2.14. The zero-order valence-corrected chi connectivity index (χ0v) is 14.4. The van der Waals surface area contributed by atoms with Crippen LogP contribution in [0.15, 0.2) is 49.1 Å². The molecule has 140 valence electrons. The highest BCUT2D eigenvalue weighted by Crippen LogP contribution is 2.18. The number of anilines is 1. The SMILES string of the molecule is CCC(C(=O)Nc1cnn(Cc2ccc(F)cc2)c1)n1cc([N+](=O)[O-])cn1. The highest BCUT2D eigenvalue weighted by Gasteiger charge is 2.22. The molecule has 1 unspecified atom stereocenters. The highest BCUT2D eigenvalue weighted by molar-refractivity contribution is 5.93. The number of halogens is 1. The summed E-state index contributed by atoms with van der Waals surface area (Å²) < 4.78 is 15.8. The van der Waals surface area contributed by atoms with Crippen molar-refractivity contribution in [2.24, 2.45) is 0 Å². The van der Waals surface area contributed by atoms with E-state index in [0.29, 0.717) is 18.7 Å². The van der Waals surface area contributed by atoms with Gasteiger partial charge in [0.1, 0.15) is 24.3 Å². The van der Waals surface area contributed by atoms with Crippen LogP contribution in [0.4, 0.5) is 15.8 Å². The number of carbonyl (C=O) groups excluding carboxylic acids is 1. The Morgan fingerprint density at radius 3 is 2.63 bits per heavy atom. The average molecular weight is 372 g/mol. The summed E-state index contributed by atoms with van der Waals surface area (Å²) in [6, 6.07) is 5.38. The summed E-state index contributed by atoms with van der Waals surface area (Å²) in [4.78, 5) is 22.7. The fourth-order valence-corrected chi connectivity index (χ4v) is 2.60. The van der Waals surface area contributed by atoms with Gasteiger partial charge in [-0.05, 0) is 24.1 Å². The topological polar surface area (TPSA) is 108 Å². The van der Waals surface area contributed by atoms with E-state index in [9.17, 15) is 19.3 Å². The van der Waals surface area contributed by atoms with Gasteiger partial charge in [0, 0.05) is 6.20 Å². The average Bonchev–Trinajstić information content (AvgIpc) is 3.28. The van der Waals surface area contributed by atoms with E-state index in [2.05, 4.69) is 15.5 Å². The Morgan fingerprint density at radius 2 is 2.00 bits per heavy atom. The van der Waals surface area contributed by atoms with Crippen LogP contribution in [0, 0.1) is 15.9 Å². The summed E-state index contributed by atoms with van der Waals surface area (Å²) >= 11 is 0. The molecule has 1 atom stereocenters. The van der Waals surface area contributed by atoms with Gasteiger partial charge in [0.15, 0.2) is 0 Å². The van der Waals surface area contributed by atoms with Gasteiger partial charge in [-0.25, -0.2) is 4.39 Å². The predicted octanol–water partition coefficient (Wildman–Crippen LogP) is 2.77. The molecule has 0 bridgehead atoms. The molecule has 3 rings (SSSR count). The van der Waals surface area contributed by atoms with E-state index in [1.807, 2.05) is 0 Å². The Balaban J connectivity index is 1.66. The number of rotatable bonds is 7. The molecule has 0 saturated carbocycles. The van der Waals surface area contributed by atoms with Crippen molar-refractivity contribution in [3.05, 3.63) is 70.5 Å². The molecular formula is C17H17FN6O3. The quantitative estimate of drug-likeness (QED) is 0.507. The summed E-state index contributed by atoms with van der Waals surface area (Å²) in [6.45, 7) is 2.22. The Morgan fingerprint density at radius 1 is 1.26 bits per heavy atom. The number of aromatic nitrogens is 4. The maximum atomic E-state index is 13.0. The summed E-state index contributed by atoms with van der Waals surface area (Å²) in [7, 11) is 0. The molecule has 0 radical (unpaired) electrons. The van der Waals surface area contributed by atoms with Crippen LogP contribution in [0.2, 0.25) is 0 Å². The van der Waals surface area contributed by atoms with Crippen LogP contribution in [0.3, 0.4) is 0 Å². The van der Waals surface area contributed by atoms with Gasteiger partial charge in [-0.1, -0.05) is 19.1 Å². The molecule has 0 fully saturated rings. The molecule has 2 heterocycles. The molecule has 0 saturated heterocycles. The summed E-state index contributed by atoms with van der Waals surface area (Å²) in [5.74, 6) is -0.659. The molecule has 3 aromatic rings. The second kappa shape index (κ2) is 7.77. The minimum Gasteiger partial charge on any atom is -0.322 e.